The van der Waals surface area contributed by atoms with Crippen LogP contribution in [-0.2, 0) is 4.79 Å². The average molecular weight is 443 g/mol. The lowest BCUT2D eigenvalue weighted by Crippen LogP contribution is -2.34. The number of nitrogens with zero attached hydrogens (tertiary/aromatic N) is 2. The minimum Gasteiger partial charge on any atom is -0.481 e. The van der Waals surface area contributed by atoms with Gasteiger partial charge in [-0.25, -0.2) is 4.98 Å². The fourth-order valence-electron chi connectivity index (χ4n) is 2.95. The predicted molar refractivity (Wildman–Crippen MR) is 129 cm³/mol. The summed E-state index contributed by atoms with van der Waals surface area (Å²) in [6.07, 6.45) is 19.9. The normalized spacial score (nSPS) is 16.1. The van der Waals surface area contributed by atoms with Crippen LogP contribution >= 0.6 is 11.3 Å². The standard InChI is InChI=1S/C25H34N2O3S/c1-5-7-8-9-10-23-17-26-25(31-23)30-22(6-2)14-11-19(3)15-16-27(21-12-13-21)18-20(4)24(28)29/h5-7,9-11,14,17,20-21H,3,8,12-13,15-16,18H2,1-2,4H3,(H,28,29)/b7-5-,10-9?,14-11-,22-6+. The second kappa shape index (κ2) is 13.1. The minimum atomic E-state index is -0.738. The highest BCUT2D eigenvalue weighted by molar-refractivity contribution is 7.14. The van der Waals surface area contributed by atoms with Crippen LogP contribution in [-0.4, -0.2) is 40.1 Å². The van der Waals surface area contributed by atoms with E-state index in [4.69, 9.17) is 4.74 Å². The molecule has 0 aliphatic heterocycles. The van der Waals surface area contributed by atoms with Crippen molar-refractivity contribution in [1.29, 1.82) is 0 Å². The van der Waals surface area contributed by atoms with Crippen molar-refractivity contribution < 1.29 is 14.6 Å². The minimum absolute atomic E-state index is 0.353. The molecule has 0 saturated heterocycles. The van der Waals surface area contributed by atoms with Crippen molar-refractivity contribution in [2.24, 2.45) is 5.92 Å². The van der Waals surface area contributed by atoms with Gasteiger partial charge in [0.05, 0.1) is 10.8 Å². The smallest absolute Gasteiger partial charge is 0.307 e. The number of carboxylic acid groups (broad SMARTS) is 1. The van der Waals surface area contributed by atoms with Gasteiger partial charge in [-0.05, 0) is 57.8 Å². The zero-order valence-corrected chi connectivity index (χ0v) is 19.6. The van der Waals surface area contributed by atoms with Crippen LogP contribution in [0.25, 0.3) is 6.08 Å². The third kappa shape index (κ3) is 9.49. The van der Waals surface area contributed by atoms with Crippen LogP contribution in [0, 0.1) is 5.92 Å². The molecule has 1 N–H and O–H groups in total. The van der Waals surface area contributed by atoms with Gasteiger partial charge in [0.15, 0.2) is 0 Å². The number of carbonyl (C=O) groups is 1. The van der Waals surface area contributed by atoms with Crippen LogP contribution in [0.1, 0.15) is 51.3 Å². The molecule has 1 aliphatic rings. The second-order valence-corrected chi connectivity index (χ2v) is 8.76. The van der Waals surface area contributed by atoms with Crippen LogP contribution < -0.4 is 4.74 Å². The first-order valence-corrected chi connectivity index (χ1v) is 11.6. The third-order valence-corrected chi connectivity index (χ3v) is 5.82. The highest BCUT2D eigenvalue weighted by Crippen LogP contribution is 2.28. The summed E-state index contributed by atoms with van der Waals surface area (Å²) in [5, 5.41) is 9.79. The summed E-state index contributed by atoms with van der Waals surface area (Å²) in [5.74, 6) is -0.370. The molecule has 1 aromatic heterocycles. The van der Waals surface area contributed by atoms with E-state index in [9.17, 15) is 9.90 Å². The SMILES string of the molecule is C=C(/C=C\C(=C/C)Oc1ncc(C=CC/C=C\C)s1)CCN(CC(C)C(=O)O)C1CC1. The Bertz CT molecular complexity index is 847. The quantitative estimate of drug-likeness (QED) is 0.214. The number of ether oxygens (including phenoxy) is 1. The Morgan fingerprint density at radius 3 is 2.81 bits per heavy atom. The molecule has 2 rings (SSSR count). The molecule has 1 aliphatic carbocycles. The number of rotatable bonds is 14. The Labute approximate surface area is 190 Å². The second-order valence-electron chi connectivity index (χ2n) is 7.74. The maximum absolute atomic E-state index is 11.2. The highest BCUT2D eigenvalue weighted by atomic mass is 32.1. The van der Waals surface area contributed by atoms with Gasteiger partial charge in [-0.3, -0.25) is 9.69 Å². The molecule has 0 amide bonds. The Morgan fingerprint density at radius 2 is 2.16 bits per heavy atom. The summed E-state index contributed by atoms with van der Waals surface area (Å²) in [6.45, 7) is 11.3. The zero-order chi connectivity index (χ0) is 22.6. The molecule has 6 heteroatoms. The van der Waals surface area contributed by atoms with Crippen molar-refractivity contribution >= 4 is 23.4 Å². The molecule has 5 nitrogen and oxygen atoms in total. The van der Waals surface area contributed by atoms with E-state index in [1.807, 2.05) is 50.4 Å². The van der Waals surface area contributed by atoms with Gasteiger partial charge >= 0.3 is 5.97 Å². The van der Waals surface area contributed by atoms with Crippen molar-refractivity contribution in [3.05, 3.63) is 65.4 Å². The summed E-state index contributed by atoms with van der Waals surface area (Å²) in [5.41, 5.74) is 0.989. The fraction of sp³-hybridized carbons (Fsp3) is 0.440. The van der Waals surface area contributed by atoms with E-state index in [0.717, 1.165) is 48.4 Å². The topological polar surface area (TPSA) is 62.7 Å². The molecule has 0 bridgehead atoms. The van der Waals surface area contributed by atoms with E-state index in [0.29, 0.717) is 17.8 Å². The number of hydrogen-bond acceptors (Lipinski definition) is 5. The van der Waals surface area contributed by atoms with Crippen molar-refractivity contribution in [1.82, 2.24) is 9.88 Å². The molecule has 0 aromatic carbocycles. The average Bonchev–Trinajstić information content (AvgIpc) is 3.50. The zero-order valence-electron chi connectivity index (χ0n) is 18.8. The van der Waals surface area contributed by atoms with Gasteiger partial charge in [-0.1, -0.05) is 54.7 Å². The Kier molecular flexibility index (Phi) is 10.5. The Balaban J connectivity index is 1.82. The fourth-order valence-corrected chi connectivity index (χ4v) is 3.66. The van der Waals surface area contributed by atoms with E-state index >= 15 is 0 Å². The first-order valence-electron chi connectivity index (χ1n) is 10.8. The van der Waals surface area contributed by atoms with Crippen molar-refractivity contribution in [2.45, 2.75) is 52.5 Å². The van der Waals surface area contributed by atoms with E-state index in [2.05, 4.69) is 28.6 Å². The van der Waals surface area contributed by atoms with Gasteiger partial charge in [0, 0.05) is 25.3 Å². The lowest BCUT2D eigenvalue weighted by molar-refractivity contribution is -0.141. The van der Waals surface area contributed by atoms with E-state index in [1.165, 1.54) is 11.3 Å². The van der Waals surface area contributed by atoms with Gasteiger partial charge in [0.25, 0.3) is 5.19 Å². The first-order chi connectivity index (χ1) is 14.9. The molecule has 0 radical (unpaired) electrons. The van der Waals surface area contributed by atoms with Gasteiger partial charge in [0.1, 0.15) is 5.76 Å². The maximum Gasteiger partial charge on any atom is 0.307 e. The summed E-state index contributed by atoms with van der Waals surface area (Å²) >= 11 is 1.51. The molecular formula is C25H34N2O3S. The van der Waals surface area contributed by atoms with Gasteiger partial charge in [-0.15, -0.1) is 0 Å². The maximum atomic E-state index is 11.2. The third-order valence-electron chi connectivity index (χ3n) is 4.98. The molecule has 1 aromatic rings. The van der Waals surface area contributed by atoms with Crippen LogP contribution in [0.3, 0.4) is 0 Å². The number of thiazole rings is 1. The summed E-state index contributed by atoms with van der Waals surface area (Å²) in [7, 11) is 0. The van der Waals surface area contributed by atoms with E-state index in [1.54, 1.807) is 6.92 Å². The number of hydrogen-bond donors (Lipinski definition) is 1. The summed E-state index contributed by atoms with van der Waals surface area (Å²) in [4.78, 5) is 18.8. The van der Waals surface area contributed by atoms with Gasteiger partial charge < -0.3 is 9.84 Å². The molecule has 1 unspecified atom stereocenters. The van der Waals surface area contributed by atoms with Crippen molar-refractivity contribution in [2.75, 3.05) is 13.1 Å². The number of allylic oxidation sites excluding steroid dienone is 6. The van der Waals surface area contributed by atoms with E-state index < -0.39 is 5.97 Å². The monoisotopic (exact) mass is 442 g/mol. The number of carboxylic acids is 1. The largest absolute Gasteiger partial charge is 0.481 e. The lowest BCUT2D eigenvalue weighted by atomic mass is 10.1. The van der Waals surface area contributed by atoms with Crippen molar-refractivity contribution in [3.8, 4) is 5.19 Å². The Morgan fingerprint density at radius 1 is 1.39 bits per heavy atom. The molecule has 168 valence electrons. The summed E-state index contributed by atoms with van der Waals surface area (Å²) in [6, 6.07) is 0.527. The number of aliphatic carboxylic acids is 1. The number of aromatic nitrogens is 1. The van der Waals surface area contributed by atoms with Crippen LogP contribution in [0.5, 0.6) is 5.19 Å². The Hall–Kier alpha value is -2.44. The summed E-state index contributed by atoms with van der Waals surface area (Å²) < 4.78 is 5.89. The van der Waals surface area contributed by atoms with Crippen molar-refractivity contribution in [3.63, 3.8) is 0 Å². The highest BCUT2D eigenvalue weighted by Gasteiger charge is 2.30. The molecule has 1 saturated carbocycles. The van der Waals surface area contributed by atoms with Crippen LogP contribution in [0.15, 0.2) is 60.6 Å². The molecule has 31 heavy (non-hydrogen) atoms. The molecule has 1 fully saturated rings. The molecule has 1 heterocycles. The van der Waals surface area contributed by atoms with Crippen LogP contribution in [0.4, 0.5) is 0 Å². The molecular weight excluding hydrogens is 408 g/mol. The predicted octanol–water partition coefficient (Wildman–Crippen LogP) is 6.09. The van der Waals surface area contributed by atoms with Gasteiger partial charge in [0.2, 0.25) is 0 Å². The molecule has 0 spiro atoms. The van der Waals surface area contributed by atoms with Gasteiger partial charge in [-0.2, -0.15) is 0 Å². The molecule has 1 atom stereocenters. The lowest BCUT2D eigenvalue weighted by Gasteiger charge is -2.24. The first kappa shape index (κ1) is 24.8. The van der Waals surface area contributed by atoms with E-state index in [-0.39, 0.29) is 5.92 Å². The van der Waals surface area contributed by atoms with Crippen LogP contribution in [0.2, 0.25) is 0 Å².